The molecule has 112 valence electrons. The monoisotopic (exact) mass is 321 g/mol. The third-order valence-corrected chi connectivity index (χ3v) is 5.04. The van der Waals surface area contributed by atoms with Crippen LogP contribution in [0.3, 0.4) is 0 Å². The van der Waals surface area contributed by atoms with Gasteiger partial charge in [0.2, 0.25) is 5.91 Å². The van der Waals surface area contributed by atoms with E-state index in [4.69, 9.17) is 4.74 Å². The van der Waals surface area contributed by atoms with E-state index in [1.54, 1.807) is 30.2 Å². The molecule has 1 aromatic heterocycles. The highest BCUT2D eigenvalue weighted by molar-refractivity contribution is 8.00. The van der Waals surface area contributed by atoms with Crippen LogP contribution in [-0.4, -0.2) is 24.8 Å². The molecule has 1 N–H and O–H groups in total. The summed E-state index contributed by atoms with van der Waals surface area (Å²) in [5.74, 6) is 0.903. The van der Waals surface area contributed by atoms with Gasteiger partial charge >= 0.3 is 0 Å². The molecule has 1 heterocycles. The molecule has 5 heteroatoms. The number of ether oxygens (including phenoxy) is 1. The van der Waals surface area contributed by atoms with Crippen molar-refractivity contribution >= 4 is 29.0 Å². The van der Waals surface area contributed by atoms with Crippen LogP contribution in [0, 0.1) is 0 Å². The minimum atomic E-state index is -0.110. The Kier molecular flexibility index (Phi) is 6.14. The normalized spacial score (nSPS) is 11.9. The number of methoxy groups -OCH3 is 1. The first-order valence-corrected chi connectivity index (χ1v) is 8.56. The summed E-state index contributed by atoms with van der Waals surface area (Å²) in [6.45, 7) is 2.61. The maximum Gasteiger partial charge on any atom is 0.233 e. The number of amides is 1. The minimum absolute atomic E-state index is 0.0763. The second-order valence-electron chi connectivity index (χ2n) is 4.56. The van der Waals surface area contributed by atoms with Crippen molar-refractivity contribution < 1.29 is 9.53 Å². The molecule has 3 nitrogen and oxygen atoms in total. The number of benzene rings is 1. The molecule has 0 saturated heterocycles. The van der Waals surface area contributed by atoms with Crippen LogP contribution < -0.4 is 10.1 Å². The van der Waals surface area contributed by atoms with Crippen molar-refractivity contribution in [2.75, 3.05) is 13.7 Å². The molecule has 0 spiro atoms. The van der Waals surface area contributed by atoms with Gasteiger partial charge in [-0.25, -0.2) is 0 Å². The molecule has 0 aliphatic carbocycles. The number of rotatable bonds is 7. The second-order valence-corrected chi connectivity index (χ2v) is 7.00. The molecule has 0 saturated carbocycles. The third kappa shape index (κ3) is 5.10. The lowest BCUT2D eigenvalue weighted by atomic mass is 10.3. The highest BCUT2D eigenvalue weighted by Gasteiger charge is 2.13. The van der Waals surface area contributed by atoms with Gasteiger partial charge in [0.1, 0.15) is 5.75 Å². The summed E-state index contributed by atoms with van der Waals surface area (Å²) in [5, 5.41) is 4.93. The zero-order valence-electron chi connectivity index (χ0n) is 12.2. The van der Waals surface area contributed by atoms with E-state index < -0.39 is 0 Å². The van der Waals surface area contributed by atoms with Gasteiger partial charge in [-0.15, -0.1) is 23.1 Å². The molecule has 1 aromatic carbocycles. The fourth-order valence-electron chi connectivity index (χ4n) is 1.82. The Hall–Kier alpha value is -1.46. The van der Waals surface area contributed by atoms with Gasteiger partial charge < -0.3 is 10.1 Å². The van der Waals surface area contributed by atoms with Gasteiger partial charge in [-0.2, -0.15) is 0 Å². The SMILES string of the molecule is COc1ccc(S[C@@H](C)C(=O)NCCc2cccs2)cc1. The van der Waals surface area contributed by atoms with Gasteiger partial charge in [0.25, 0.3) is 0 Å². The van der Waals surface area contributed by atoms with E-state index >= 15 is 0 Å². The highest BCUT2D eigenvalue weighted by Crippen LogP contribution is 2.25. The Bertz CT molecular complexity index is 552. The predicted molar refractivity (Wildman–Crippen MR) is 89.3 cm³/mol. The Morgan fingerprint density at radius 1 is 1.33 bits per heavy atom. The molecule has 0 aliphatic rings. The number of carbonyl (C=O) groups excluding carboxylic acids is 1. The molecule has 0 aliphatic heterocycles. The Morgan fingerprint density at radius 3 is 2.71 bits per heavy atom. The average Bonchev–Trinajstić information content (AvgIpc) is 3.01. The highest BCUT2D eigenvalue weighted by atomic mass is 32.2. The first-order chi connectivity index (χ1) is 10.2. The van der Waals surface area contributed by atoms with Crippen LogP contribution in [0.25, 0.3) is 0 Å². The lowest BCUT2D eigenvalue weighted by molar-refractivity contribution is -0.120. The molecule has 0 bridgehead atoms. The quantitative estimate of drug-likeness (QED) is 0.792. The number of hydrogen-bond donors (Lipinski definition) is 1. The maximum absolute atomic E-state index is 12.0. The summed E-state index contributed by atoms with van der Waals surface area (Å²) in [6.07, 6.45) is 0.892. The van der Waals surface area contributed by atoms with Gasteiger partial charge in [0.05, 0.1) is 12.4 Å². The first kappa shape index (κ1) is 15.9. The van der Waals surface area contributed by atoms with E-state index in [9.17, 15) is 4.79 Å². The molecule has 0 radical (unpaired) electrons. The zero-order chi connectivity index (χ0) is 15.1. The smallest absolute Gasteiger partial charge is 0.233 e. The van der Waals surface area contributed by atoms with Gasteiger partial charge in [0, 0.05) is 16.3 Å². The van der Waals surface area contributed by atoms with Crippen molar-refractivity contribution in [1.82, 2.24) is 5.32 Å². The van der Waals surface area contributed by atoms with Gasteiger partial charge in [-0.1, -0.05) is 6.07 Å². The number of hydrogen-bond acceptors (Lipinski definition) is 4. The van der Waals surface area contributed by atoms with E-state index in [0.29, 0.717) is 6.54 Å². The van der Waals surface area contributed by atoms with Crippen molar-refractivity contribution in [3.8, 4) is 5.75 Å². The van der Waals surface area contributed by atoms with Crippen LogP contribution in [0.1, 0.15) is 11.8 Å². The molecular weight excluding hydrogens is 302 g/mol. The molecule has 0 fully saturated rings. The van der Waals surface area contributed by atoms with Crippen LogP contribution >= 0.6 is 23.1 Å². The Balaban J connectivity index is 1.76. The molecule has 1 amide bonds. The molecule has 0 unspecified atom stereocenters. The van der Waals surface area contributed by atoms with Crippen LogP contribution in [-0.2, 0) is 11.2 Å². The number of carbonyl (C=O) groups is 1. The summed E-state index contributed by atoms with van der Waals surface area (Å²) in [6, 6.07) is 11.9. The van der Waals surface area contributed by atoms with Gasteiger partial charge in [0.15, 0.2) is 0 Å². The number of thiophene rings is 1. The Labute approximate surface area is 133 Å². The molecule has 1 atom stereocenters. The fourth-order valence-corrected chi connectivity index (χ4v) is 3.42. The first-order valence-electron chi connectivity index (χ1n) is 6.80. The maximum atomic E-state index is 12.0. The largest absolute Gasteiger partial charge is 0.497 e. The molecule has 21 heavy (non-hydrogen) atoms. The van der Waals surface area contributed by atoms with Crippen molar-refractivity contribution in [3.05, 3.63) is 46.7 Å². The molecule has 2 aromatic rings. The Morgan fingerprint density at radius 2 is 2.10 bits per heavy atom. The van der Waals surface area contributed by atoms with E-state index in [1.165, 1.54) is 4.88 Å². The standard InChI is InChI=1S/C16H19NO2S2/c1-12(21-15-7-5-13(19-2)6-8-15)16(18)17-10-9-14-4-3-11-20-14/h3-8,11-12H,9-10H2,1-2H3,(H,17,18)/t12-/m0/s1. The third-order valence-electron chi connectivity index (χ3n) is 2.99. The zero-order valence-corrected chi connectivity index (χ0v) is 13.8. The summed E-state index contributed by atoms with van der Waals surface area (Å²) >= 11 is 3.27. The van der Waals surface area contributed by atoms with Gasteiger partial charge in [-0.05, 0) is 49.1 Å². The van der Waals surface area contributed by atoms with Crippen molar-refractivity contribution in [1.29, 1.82) is 0 Å². The fraction of sp³-hybridized carbons (Fsp3) is 0.312. The topological polar surface area (TPSA) is 38.3 Å². The number of thioether (sulfide) groups is 1. The lowest BCUT2D eigenvalue weighted by Gasteiger charge is -2.12. The number of nitrogens with one attached hydrogen (secondary N) is 1. The summed E-state index contributed by atoms with van der Waals surface area (Å²) in [7, 11) is 1.64. The van der Waals surface area contributed by atoms with E-state index in [0.717, 1.165) is 17.1 Å². The minimum Gasteiger partial charge on any atom is -0.497 e. The summed E-state index contributed by atoms with van der Waals surface area (Å²) < 4.78 is 5.12. The van der Waals surface area contributed by atoms with Crippen molar-refractivity contribution in [2.24, 2.45) is 0 Å². The van der Waals surface area contributed by atoms with Crippen LogP contribution in [0.2, 0.25) is 0 Å². The van der Waals surface area contributed by atoms with Crippen LogP contribution in [0.4, 0.5) is 0 Å². The van der Waals surface area contributed by atoms with Crippen LogP contribution in [0.15, 0.2) is 46.7 Å². The summed E-state index contributed by atoms with van der Waals surface area (Å²) in [4.78, 5) is 14.4. The summed E-state index contributed by atoms with van der Waals surface area (Å²) in [5.41, 5.74) is 0. The molecule has 2 rings (SSSR count). The van der Waals surface area contributed by atoms with E-state index in [2.05, 4.69) is 16.8 Å². The average molecular weight is 321 g/mol. The lowest BCUT2D eigenvalue weighted by Crippen LogP contribution is -2.32. The van der Waals surface area contributed by atoms with Crippen molar-refractivity contribution in [3.63, 3.8) is 0 Å². The molecular formula is C16H19NO2S2. The van der Waals surface area contributed by atoms with E-state index in [1.807, 2.05) is 37.3 Å². The predicted octanol–water partition coefficient (Wildman–Crippen LogP) is 3.60. The van der Waals surface area contributed by atoms with Gasteiger partial charge in [-0.3, -0.25) is 4.79 Å². The van der Waals surface area contributed by atoms with Crippen LogP contribution in [0.5, 0.6) is 5.75 Å². The van der Waals surface area contributed by atoms with Crippen molar-refractivity contribution in [2.45, 2.75) is 23.5 Å². The second kappa shape index (κ2) is 8.10. The van der Waals surface area contributed by atoms with E-state index in [-0.39, 0.29) is 11.2 Å².